The van der Waals surface area contributed by atoms with Gasteiger partial charge in [-0.05, 0) is 78.3 Å². The van der Waals surface area contributed by atoms with Gasteiger partial charge < -0.3 is 20.1 Å². The summed E-state index contributed by atoms with van der Waals surface area (Å²) in [5.74, 6) is -1.14. The summed E-state index contributed by atoms with van der Waals surface area (Å²) in [6.45, 7) is 0. The molecule has 2 aliphatic carbocycles. The molecular formula is C30H32BNO6S. The molecule has 0 heterocycles. The molecule has 202 valence electrons. The Morgan fingerprint density at radius 3 is 2.41 bits per heavy atom. The third kappa shape index (κ3) is 7.17. The first-order chi connectivity index (χ1) is 18.8. The lowest BCUT2D eigenvalue weighted by molar-refractivity contribution is -0.124. The Labute approximate surface area is 229 Å². The van der Waals surface area contributed by atoms with Crippen LogP contribution in [0.3, 0.4) is 0 Å². The van der Waals surface area contributed by atoms with Crippen LogP contribution in [0.1, 0.15) is 36.0 Å². The number of carbonyl (C=O) groups is 1. The maximum atomic E-state index is 13.4. The van der Waals surface area contributed by atoms with Crippen LogP contribution in [-0.2, 0) is 27.5 Å². The van der Waals surface area contributed by atoms with Gasteiger partial charge in [0, 0.05) is 0 Å². The van der Waals surface area contributed by atoms with Gasteiger partial charge in [0.15, 0.2) is 9.84 Å². The highest BCUT2D eigenvalue weighted by Gasteiger charge is 2.35. The fourth-order valence-corrected chi connectivity index (χ4v) is 6.44. The van der Waals surface area contributed by atoms with Crippen molar-refractivity contribution in [3.63, 3.8) is 0 Å². The monoisotopic (exact) mass is 545 g/mol. The standard InChI is InChI=1S/C30H32BNO6S/c33-30(32-29(31(34)35)18-22-9-10-22)25(17-21-5-2-1-3-6-21)20-39(36,37)28-15-13-26(14-16-28)38-27-12-11-23-7-4-8-24(23)19-27/h1-6,8,11-16,19,22,25,29,34-35H,7,9-10,17-18,20H2,(H,32,33)/t25-,29+/m1/s1. The average Bonchev–Trinajstić information content (AvgIpc) is 3.62. The van der Waals surface area contributed by atoms with Gasteiger partial charge >= 0.3 is 7.12 Å². The summed E-state index contributed by atoms with van der Waals surface area (Å²) in [7, 11) is -5.55. The SMILES string of the molecule is O=C(N[C@@H](CC1CC1)B(O)O)[C@H](Cc1ccccc1)CS(=O)(=O)c1ccc(Oc2ccc3c(c2)C=CC3)cc1. The van der Waals surface area contributed by atoms with E-state index in [0.29, 0.717) is 23.8 Å². The third-order valence-corrected chi connectivity index (χ3v) is 9.09. The van der Waals surface area contributed by atoms with Crippen molar-refractivity contribution in [1.29, 1.82) is 0 Å². The van der Waals surface area contributed by atoms with E-state index in [0.717, 1.165) is 30.4 Å². The fraction of sp³-hybridized carbons (Fsp3) is 0.300. The van der Waals surface area contributed by atoms with E-state index in [1.807, 2.05) is 48.5 Å². The molecule has 3 N–H and O–H groups in total. The Hall–Kier alpha value is -3.40. The van der Waals surface area contributed by atoms with Crippen molar-refractivity contribution < 1.29 is 28.0 Å². The molecule has 39 heavy (non-hydrogen) atoms. The zero-order chi connectivity index (χ0) is 27.4. The Bertz CT molecular complexity index is 1440. The number of nitrogens with one attached hydrogen (secondary N) is 1. The molecule has 9 heteroatoms. The maximum Gasteiger partial charge on any atom is 0.475 e. The van der Waals surface area contributed by atoms with Crippen LogP contribution in [0.5, 0.6) is 11.5 Å². The summed E-state index contributed by atoms with van der Waals surface area (Å²) < 4.78 is 32.8. The van der Waals surface area contributed by atoms with E-state index in [1.54, 1.807) is 12.1 Å². The molecule has 2 atom stereocenters. The van der Waals surface area contributed by atoms with Gasteiger partial charge in [-0.1, -0.05) is 61.4 Å². The summed E-state index contributed by atoms with van der Waals surface area (Å²) in [6.07, 6.45) is 7.70. The van der Waals surface area contributed by atoms with E-state index in [2.05, 4.69) is 17.5 Å². The van der Waals surface area contributed by atoms with Crippen LogP contribution < -0.4 is 10.1 Å². The molecule has 2 aliphatic rings. The van der Waals surface area contributed by atoms with Crippen LogP contribution in [0, 0.1) is 11.8 Å². The molecule has 0 bridgehead atoms. The third-order valence-electron chi connectivity index (χ3n) is 7.26. The first kappa shape index (κ1) is 27.2. The van der Waals surface area contributed by atoms with Crippen molar-refractivity contribution in [2.45, 2.75) is 42.9 Å². The topological polar surface area (TPSA) is 113 Å². The lowest BCUT2D eigenvalue weighted by Gasteiger charge is -2.22. The van der Waals surface area contributed by atoms with E-state index in [9.17, 15) is 23.3 Å². The summed E-state index contributed by atoms with van der Waals surface area (Å²) >= 11 is 0. The first-order valence-electron chi connectivity index (χ1n) is 13.3. The Balaban J connectivity index is 1.30. The minimum atomic E-state index is -3.84. The van der Waals surface area contributed by atoms with Crippen LogP contribution >= 0.6 is 0 Å². The second kappa shape index (κ2) is 11.8. The minimum absolute atomic E-state index is 0.0920. The molecule has 5 rings (SSSR count). The van der Waals surface area contributed by atoms with Crippen molar-refractivity contribution in [2.24, 2.45) is 11.8 Å². The maximum absolute atomic E-state index is 13.4. The predicted octanol–water partition coefficient (Wildman–Crippen LogP) is 3.98. The van der Waals surface area contributed by atoms with Gasteiger partial charge in [0.1, 0.15) is 11.5 Å². The Kier molecular flexibility index (Phi) is 8.21. The van der Waals surface area contributed by atoms with E-state index >= 15 is 0 Å². The van der Waals surface area contributed by atoms with Gasteiger partial charge in [-0.25, -0.2) is 8.42 Å². The molecule has 0 unspecified atom stereocenters. The van der Waals surface area contributed by atoms with Crippen molar-refractivity contribution in [3.05, 3.63) is 95.6 Å². The molecule has 0 radical (unpaired) electrons. The number of sulfone groups is 1. The van der Waals surface area contributed by atoms with Gasteiger partial charge in [0.05, 0.1) is 22.5 Å². The predicted molar refractivity (Wildman–Crippen MR) is 151 cm³/mol. The minimum Gasteiger partial charge on any atom is -0.457 e. The van der Waals surface area contributed by atoms with E-state index < -0.39 is 40.5 Å². The zero-order valence-electron chi connectivity index (χ0n) is 21.6. The summed E-state index contributed by atoms with van der Waals surface area (Å²) in [5, 5.41) is 22.3. The number of benzene rings is 3. The molecule has 1 saturated carbocycles. The number of rotatable bonds is 12. The normalized spacial score (nSPS) is 15.8. The highest BCUT2D eigenvalue weighted by Crippen LogP contribution is 2.34. The van der Waals surface area contributed by atoms with Crippen LogP contribution in [0.15, 0.2) is 83.8 Å². The highest BCUT2D eigenvalue weighted by molar-refractivity contribution is 7.91. The molecule has 0 aliphatic heterocycles. The molecule has 1 amide bonds. The Morgan fingerprint density at radius 1 is 1.00 bits per heavy atom. The van der Waals surface area contributed by atoms with Gasteiger partial charge in [0.25, 0.3) is 0 Å². The molecular weight excluding hydrogens is 513 g/mol. The van der Waals surface area contributed by atoms with Gasteiger partial charge in [0.2, 0.25) is 5.91 Å². The van der Waals surface area contributed by atoms with Crippen molar-refractivity contribution in [1.82, 2.24) is 5.32 Å². The average molecular weight is 545 g/mol. The quantitative estimate of drug-likeness (QED) is 0.297. The summed E-state index contributed by atoms with van der Waals surface area (Å²) in [5.41, 5.74) is 3.18. The smallest absolute Gasteiger partial charge is 0.457 e. The largest absolute Gasteiger partial charge is 0.475 e. The zero-order valence-corrected chi connectivity index (χ0v) is 22.4. The van der Waals surface area contributed by atoms with Gasteiger partial charge in [-0.15, -0.1) is 0 Å². The summed E-state index contributed by atoms with van der Waals surface area (Å²) in [4.78, 5) is 13.4. The first-order valence-corrected chi connectivity index (χ1v) is 14.9. The van der Waals surface area contributed by atoms with E-state index in [-0.39, 0.29) is 11.3 Å². The molecule has 0 aromatic heterocycles. The van der Waals surface area contributed by atoms with Gasteiger partial charge in [-0.3, -0.25) is 4.79 Å². The number of carbonyl (C=O) groups excluding carboxylic acids is 1. The van der Waals surface area contributed by atoms with Crippen LogP contribution in [0.25, 0.3) is 6.08 Å². The molecule has 7 nitrogen and oxygen atoms in total. The van der Waals surface area contributed by atoms with Crippen LogP contribution in [0.2, 0.25) is 0 Å². The van der Waals surface area contributed by atoms with Crippen LogP contribution in [-0.4, -0.2) is 43.2 Å². The molecule has 0 saturated heterocycles. The second-order valence-corrected chi connectivity index (χ2v) is 12.5. The highest BCUT2D eigenvalue weighted by atomic mass is 32.2. The number of hydrogen-bond donors (Lipinski definition) is 3. The molecule has 3 aromatic carbocycles. The molecule has 1 fully saturated rings. The second-order valence-electron chi connectivity index (χ2n) is 10.4. The fourth-order valence-electron chi connectivity index (χ4n) is 4.90. The Morgan fingerprint density at radius 2 is 1.72 bits per heavy atom. The molecule has 0 spiro atoms. The van der Waals surface area contributed by atoms with Crippen molar-refractivity contribution in [3.8, 4) is 11.5 Å². The van der Waals surface area contributed by atoms with E-state index in [4.69, 9.17) is 4.74 Å². The van der Waals surface area contributed by atoms with Gasteiger partial charge in [-0.2, -0.15) is 0 Å². The summed E-state index contributed by atoms with van der Waals surface area (Å²) in [6, 6.07) is 21.3. The number of fused-ring (bicyclic) bond motifs is 1. The lowest BCUT2D eigenvalue weighted by atomic mass is 9.76. The molecule has 3 aromatic rings. The number of allylic oxidation sites excluding steroid dienone is 1. The number of hydrogen-bond acceptors (Lipinski definition) is 6. The van der Waals surface area contributed by atoms with Crippen molar-refractivity contribution in [2.75, 3.05) is 5.75 Å². The van der Waals surface area contributed by atoms with E-state index in [1.165, 1.54) is 17.7 Å². The number of ether oxygens (including phenoxy) is 1. The number of amides is 1. The van der Waals surface area contributed by atoms with Crippen LogP contribution in [0.4, 0.5) is 0 Å². The van der Waals surface area contributed by atoms with Crippen molar-refractivity contribution >= 4 is 28.9 Å². The lowest BCUT2D eigenvalue weighted by Crippen LogP contribution is -2.50.